The second kappa shape index (κ2) is 6.37. The molecule has 21 heavy (non-hydrogen) atoms. The minimum atomic E-state index is -0.535. The fraction of sp³-hybridized carbons (Fsp3) is 0.333. The van der Waals surface area contributed by atoms with E-state index in [1.807, 2.05) is 14.1 Å². The number of nitrogens with zero attached hydrogens (tertiary/aromatic N) is 1. The first-order valence-electron chi connectivity index (χ1n) is 7.14. The Morgan fingerprint density at radius 3 is 2.10 bits per heavy atom. The van der Waals surface area contributed by atoms with Crippen LogP contribution in [0.5, 0.6) is 0 Å². The van der Waals surface area contributed by atoms with Crippen LogP contribution in [-0.2, 0) is 12.0 Å². The van der Waals surface area contributed by atoms with Gasteiger partial charge in [-0.05, 0) is 50.7 Å². The van der Waals surface area contributed by atoms with Crippen LogP contribution < -0.4 is 5.73 Å². The maximum Gasteiger partial charge on any atom is 0.123 e. The van der Waals surface area contributed by atoms with Crippen molar-refractivity contribution in [1.82, 2.24) is 4.90 Å². The fourth-order valence-corrected chi connectivity index (χ4v) is 2.67. The van der Waals surface area contributed by atoms with E-state index in [0.29, 0.717) is 6.54 Å². The molecule has 0 aliphatic rings. The molecule has 112 valence electrons. The van der Waals surface area contributed by atoms with Crippen LogP contribution in [0.3, 0.4) is 0 Å². The summed E-state index contributed by atoms with van der Waals surface area (Å²) in [5.41, 5.74) is 9.52. The van der Waals surface area contributed by atoms with Crippen LogP contribution in [0.15, 0.2) is 48.5 Å². The van der Waals surface area contributed by atoms with Gasteiger partial charge in [0.1, 0.15) is 5.82 Å². The summed E-state index contributed by atoms with van der Waals surface area (Å²) in [5.74, 6) is -0.235. The maximum absolute atomic E-state index is 13.2. The number of likely N-dealkylation sites (N-methyl/N-ethyl adjacent to an activating group) is 1. The molecule has 1 unspecified atom stereocenters. The molecule has 0 saturated carbocycles. The van der Waals surface area contributed by atoms with Gasteiger partial charge in [-0.2, -0.15) is 0 Å². The third-order valence-electron chi connectivity index (χ3n) is 3.66. The van der Waals surface area contributed by atoms with Crippen LogP contribution in [-0.4, -0.2) is 25.5 Å². The molecule has 0 saturated heterocycles. The second-order valence-electron chi connectivity index (χ2n) is 6.06. The van der Waals surface area contributed by atoms with Crippen molar-refractivity contribution in [2.45, 2.75) is 18.9 Å². The largest absolute Gasteiger partial charge is 0.320 e. The molecule has 2 aromatic rings. The van der Waals surface area contributed by atoms with Gasteiger partial charge in [-0.15, -0.1) is 0 Å². The van der Waals surface area contributed by atoms with E-state index < -0.39 is 5.54 Å². The van der Waals surface area contributed by atoms with E-state index in [4.69, 9.17) is 5.73 Å². The highest BCUT2D eigenvalue weighted by Gasteiger charge is 2.28. The number of rotatable bonds is 5. The summed E-state index contributed by atoms with van der Waals surface area (Å²) in [4.78, 5) is 2.07. The second-order valence-corrected chi connectivity index (χ2v) is 6.06. The monoisotopic (exact) mass is 286 g/mol. The summed E-state index contributed by atoms with van der Waals surface area (Å²) in [6.07, 6.45) is 0.719. The maximum atomic E-state index is 13.2. The van der Waals surface area contributed by atoms with Crippen molar-refractivity contribution < 1.29 is 4.39 Å². The summed E-state index contributed by atoms with van der Waals surface area (Å²) in [5, 5.41) is 0. The summed E-state index contributed by atoms with van der Waals surface area (Å²) >= 11 is 0. The van der Waals surface area contributed by atoms with Gasteiger partial charge < -0.3 is 10.6 Å². The molecule has 0 bridgehead atoms. The number of hydrogen-bond donors (Lipinski definition) is 1. The van der Waals surface area contributed by atoms with Gasteiger partial charge in [0.05, 0.1) is 5.54 Å². The SMILES string of the molecule is Cc1ccc(CC(N)(CN(C)C)c2ccc(F)cc2)cc1. The van der Waals surface area contributed by atoms with Gasteiger partial charge in [-0.3, -0.25) is 0 Å². The molecule has 1 atom stereocenters. The highest BCUT2D eigenvalue weighted by Crippen LogP contribution is 2.24. The molecule has 2 rings (SSSR count). The Morgan fingerprint density at radius 1 is 1.00 bits per heavy atom. The minimum absolute atomic E-state index is 0.235. The van der Waals surface area contributed by atoms with Crippen molar-refractivity contribution in [3.63, 3.8) is 0 Å². The van der Waals surface area contributed by atoms with Gasteiger partial charge in [-0.25, -0.2) is 4.39 Å². The first-order chi connectivity index (χ1) is 9.89. The number of aryl methyl sites for hydroxylation is 1. The normalized spacial score (nSPS) is 14.2. The smallest absolute Gasteiger partial charge is 0.123 e. The van der Waals surface area contributed by atoms with Crippen LogP contribution >= 0.6 is 0 Å². The molecule has 0 spiro atoms. The Balaban J connectivity index is 2.32. The molecule has 0 aliphatic heterocycles. The third-order valence-corrected chi connectivity index (χ3v) is 3.66. The van der Waals surface area contributed by atoms with Crippen molar-refractivity contribution >= 4 is 0 Å². The minimum Gasteiger partial charge on any atom is -0.320 e. The van der Waals surface area contributed by atoms with Crippen LogP contribution in [0.25, 0.3) is 0 Å². The van der Waals surface area contributed by atoms with E-state index in [1.54, 1.807) is 12.1 Å². The van der Waals surface area contributed by atoms with E-state index in [0.717, 1.165) is 12.0 Å². The Kier molecular flexibility index (Phi) is 4.76. The summed E-state index contributed by atoms with van der Waals surface area (Å²) in [6, 6.07) is 14.9. The lowest BCUT2D eigenvalue weighted by Crippen LogP contribution is -2.47. The van der Waals surface area contributed by atoms with Crippen LogP contribution in [0.2, 0.25) is 0 Å². The Labute approximate surface area is 126 Å². The molecule has 0 fully saturated rings. The first kappa shape index (κ1) is 15.7. The number of halogens is 1. The average Bonchev–Trinajstić information content (AvgIpc) is 2.41. The van der Waals surface area contributed by atoms with Crippen molar-refractivity contribution in [1.29, 1.82) is 0 Å². The van der Waals surface area contributed by atoms with Gasteiger partial charge in [-0.1, -0.05) is 42.0 Å². The summed E-state index contributed by atoms with van der Waals surface area (Å²) < 4.78 is 13.2. The van der Waals surface area contributed by atoms with Crippen molar-refractivity contribution in [2.75, 3.05) is 20.6 Å². The summed E-state index contributed by atoms with van der Waals surface area (Å²) in [7, 11) is 4.00. The zero-order chi connectivity index (χ0) is 15.5. The Hall–Kier alpha value is -1.71. The first-order valence-corrected chi connectivity index (χ1v) is 7.14. The molecule has 0 amide bonds. The predicted molar refractivity (Wildman–Crippen MR) is 85.7 cm³/mol. The molecule has 2 aromatic carbocycles. The molecule has 0 aliphatic carbocycles. The Bertz CT molecular complexity index is 575. The third kappa shape index (κ3) is 4.13. The topological polar surface area (TPSA) is 29.3 Å². The number of benzene rings is 2. The van der Waals surface area contributed by atoms with Crippen molar-refractivity contribution in [3.8, 4) is 0 Å². The molecule has 2 nitrogen and oxygen atoms in total. The molecule has 3 heteroatoms. The van der Waals surface area contributed by atoms with Crippen molar-refractivity contribution in [3.05, 3.63) is 71.0 Å². The molecule has 2 N–H and O–H groups in total. The fourth-order valence-electron chi connectivity index (χ4n) is 2.67. The standard InChI is InChI=1S/C18H23FN2/c1-14-4-6-15(7-5-14)12-18(20,13-21(2)3)16-8-10-17(19)11-9-16/h4-11H,12-13,20H2,1-3H3. The van der Waals surface area contributed by atoms with E-state index >= 15 is 0 Å². The number of hydrogen-bond acceptors (Lipinski definition) is 2. The number of nitrogens with two attached hydrogens (primary N) is 1. The van der Waals surface area contributed by atoms with E-state index in [-0.39, 0.29) is 5.82 Å². The van der Waals surface area contributed by atoms with E-state index in [9.17, 15) is 4.39 Å². The van der Waals surface area contributed by atoms with Gasteiger partial charge in [0.25, 0.3) is 0 Å². The van der Waals surface area contributed by atoms with Gasteiger partial charge in [0, 0.05) is 6.54 Å². The lowest BCUT2D eigenvalue weighted by Gasteiger charge is -2.33. The van der Waals surface area contributed by atoms with Crippen LogP contribution in [0.4, 0.5) is 4.39 Å². The zero-order valence-electron chi connectivity index (χ0n) is 12.9. The van der Waals surface area contributed by atoms with E-state index in [1.165, 1.54) is 23.3 Å². The van der Waals surface area contributed by atoms with Crippen LogP contribution in [0, 0.1) is 12.7 Å². The Morgan fingerprint density at radius 2 is 1.57 bits per heavy atom. The lowest BCUT2D eigenvalue weighted by atomic mass is 9.84. The quantitative estimate of drug-likeness (QED) is 0.915. The molecular weight excluding hydrogens is 263 g/mol. The van der Waals surface area contributed by atoms with Gasteiger partial charge >= 0.3 is 0 Å². The van der Waals surface area contributed by atoms with Crippen LogP contribution in [0.1, 0.15) is 16.7 Å². The predicted octanol–water partition coefficient (Wildman–Crippen LogP) is 3.09. The highest BCUT2D eigenvalue weighted by atomic mass is 19.1. The van der Waals surface area contributed by atoms with Gasteiger partial charge in [0.15, 0.2) is 0 Å². The highest BCUT2D eigenvalue weighted by molar-refractivity contribution is 5.30. The van der Waals surface area contributed by atoms with Crippen molar-refractivity contribution in [2.24, 2.45) is 5.73 Å². The molecule has 0 radical (unpaired) electrons. The molecule has 0 heterocycles. The lowest BCUT2D eigenvalue weighted by molar-refractivity contribution is 0.283. The van der Waals surface area contributed by atoms with Gasteiger partial charge in [0.2, 0.25) is 0 Å². The average molecular weight is 286 g/mol. The molecular formula is C18H23FN2. The zero-order valence-corrected chi connectivity index (χ0v) is 12.9. The molecule has 0 aromatic heterocycles. The summed E-state index contributed by atoms with van der Waals surface area (Å²) in [6.45, 7) is 2.77. The van der Waals surface area contributed by atoms with E-state index in [2.05, 4.69) is 36.1 Å².